The van der Waals surface area contributed by atoms with Crippen molar-refractivity contribution in [2.24, 2.45) is 0 Å². The third kappa shape index (κ3) is 1.80. The number of aryl methyl sites for hydroxylation is 1. The zero-order valence-corrected chi connectivity index (χ0v) is 10.4. The molecule has 2 heterocycles. The van der Waals surface area contributed by atoms with Crippen LogP contribution in [0.5, 0.6) is 5.75 Å². The molecule has 0 saturated heterocycles. The molecule has 2 N–H and O–H groups in total. The third-order valence-electron chi connectivity index (χ3n) is 2.71. The molecule has 0 radical (unpaired) electrons. The van der Waals surface area contributed by atoms with Crippen molar-refractivity contribution in [2.45, 2.75) is 6.92 Å². The molecule has 0 amide bonds. The standard InChI is InChI=1S/C13H10ClN3O/c1-7-2-4-10-13(15-7)17-12(16-10)8-3-5-11(18)9(14)6-8/h2-6,18H,1H3,(H,15,16,17). The average molecular weight is 260 g/mol. The van der Waals surface area contributed by atoms with E-state index < -0.39 is 0 Å². The molecule has 0 atom stereocenters. The zero-order valence-electron chi connectivity index (χ0n) is 9.61. The van der Waals surface area contributed by atoms with Crippen molar-refractivity contribution in [3.63, 3.8) is 0 Å². The second-order valence-corrected chi connectivity index (χ2v) is 4.48. The summed E-state index contributed by atoms with van der Waals surface area (Å²) in [6.07, 6.45) is 0. The van der Waals surface area contributed by atoms with Crippen LogP contribution in [-0.4, -0.2) is 20.1 Å². The summed E-state index contributed by atoms with van der Waals surface area (Å²) in [5, 5.41) is 9.69. The van der Waals surface area contributed by atoms with Crippen LogP contribution in [0.3, 0.4) is 0 Å². The molecule has 1 aromatic carbocycles. The van der Waals surface area contributed by atoms with Gasteiger partial charge in [0.15, 0.2) is 5.65 Å². The molecule has 0 aliphatic carbocycles. The van der Waals surface area contributed by atoms with E-state index in [1.165, 1.54) is 0 Å². The van der Waals surface area contributed by atoms with Gasteiger partial charge in [0.05, 0.1) is 10.5 Å². The lowest BCUT2D eigenvalue weighted by atomic mass is 10.2. The number of phenols is 1. The fraction of sp³-hybridized carbons (Fsp3) is 0.0769. The lowest BCUT2D eigenvalue weighted by molar-refractivity contribution is 0.475. The summed E-state index contributed by atoms with van der Waals surface area (Å²) < 4.78 is 0. The smallest absolute Gasteiger partial charge is 0.178 e. The van der Waals surface area contributed by atoms with Crippen molar-refractivity contribution in [2.75, 3.05) is 0 Å². The molecule has 0 fully saturated rings. The molecule has 2 aromatic heterocycles. The Kier molecular flexibility index (Phi) is 2.45. The van der Waals surface area contributed by atoms with Crippen molar-refractivity contribution < 1.29 is 5.11 Å². The van der Waals surface area contributed by atoms with Gasteiger partial charge in [-0.05, 0) is 37.3 Å². The maximum atomic E-state index is 9.39. The molecule has 5 heteroatoms. The highest BCUT2D eigenvalue weighted by Crippen LogP contribution is 2.28. The minimum atomic E-state index is 0.0606. The van der Waals surface area contributed by atoms with Crippen molar-refractivity contribution in [3.8, 4) is 17.1 Å². The van der Waals surface area contributed by atoms with Gasteiger partial charge >= 0.3 is 0 Å². The number of benzene rings is 1. The Balaban J connectivity index is 2.16. The van der Waals surface area contributed by atoms with Crippen LogP contribution in [0, 0.1) is 6.92 Å². The van der Waals surface area contributed by atoms with Crippen LogP contribution >= 0.6 is 11.6 Å². The SMILES string of the molecule is Cc1ccc2[nH]c(-c3ccc(O)c(Cl)c3)nc2n1. The summed E-state index contributed by atoms with van der Waals surface area (Å²) in [5.41, 5.74) is 3.28. The molecule has 0 spiro atoms. The van der Waals surface area contributed by atoms with Gasteiger partial charge in [0.2, 0.25) is 0 Å². The number of pyridine rings is 1. The van der Waals surface area contributed by atoms with E-state index in [-0.39, 0.29) is 5.75 Å². The molecular formula is C13H10ClN3O. The maximum absolute atomic E-state index is 9.39. The second kappa shape index (κ2) is 3.99. The van der Waals surface area contributed by atoms with Crippen LogP contribution in [0.2, 0.25) is 5.02 Å². The van der Waals surface area contributed by atoms with E-state index in [0.717, 1.165) is 16.8 Å². The number of fused-ring (bicyclic) bond motifs is 1. The third-order valence-corrected chi connectivity index (χ3v) is 3.01. The number of nitrogens with one attached hydrogen (secondary N) is 1. The number of hydrogen-bond acceptors (Lipinski definition) is 3. The van der Waals surface area contributed by atoms with Gasteiger partial charge in [0.1, 0.15) is 11.6 Å². The molecule has 0 bridgehead atoms. The minimum absolute atomic E-state index is 0.0606. The van der Waals surface area contributed by atoms with Crippen LogP contribution < -0.4 is 0 Å². The summed E-state index contributed by atoms with van der Waals surface area (Å²) in [7, 11) is 0. The minimum Gasteiger partial charge on any atom is -0.506 e. The molecule has 0 aliphatic rings. The number of aromatic hydroxyl groups is 1. The number of phenolic OH excluding ortho intramolecular Hbond substituents is 1. The van der Waals surface area contributed by atoms with E-state index >= 15 is 0 Å². The summed E-state index contributed by atoms with van der Waals surface area (Å²) in [5.74, 6) is 0.746. The molecule has 4 nitrogen and oxygen atoms in total. The van der Waals surface area contributed by atoms with Crippen molar-refractivity contribution in [1.82, 2.24) is 15.0 Å². The number of H-pyrrole nitrogens is 1. The first-order chi connectivity index (χ1) is 8.63. The molecule has 18 heavy (non-hydrogen) atoms. The van der Waals surface area contributed by atoms with E-state index in [4.69, 9.17) is 11.6 Å². The van der Waals surface area contributed by atoms with Gasteiger partial charge in [0, 0.05) is 11.3 Å². The summed E-state index contributed by atoms with van der Waals surface area (Å²) >= 11 is 5.88. The van der Waals surface area contributed by atoms with Gasteiger partial charge in [-0.15, -0.1) is 0 Å². The van der Waals surface area contributed by atoms with Crippen LogP contribution in [-0.2, 0) is 0 Å². The molecule has 90 valence electrons. The van der Waals surface area contributed by atoms with Gasteiger partial charge in [-0.2, -0.15) is 0 Å². The summed E-state index contributed by atoms with van der Waals surface area (Å²) in [6, 6.07) is 8.83. The van der Waals surface area contributed by atoms with Crippen molar-refractivity contribution in [3.05, 3.63) is 41.0 Å². The number of nitrogens with zero attached hydrogens (tertiary/aromatic N) is 2. The normalized spacial score (nSPS) is 11.0. The number of rotatable bonds is 1. The van der Waals surface area contributed by atoms with Crippen LogP contribution in [0.25, 0.3) is 22.6 Å². The number of halogens is 1. The van der Waals surface area contributed by atoms with Crippen molar-refractivity contribution in [1.29, 1.82) is 0 Å². The topological polar surface area (TPSA) is 61.8 Å². The van der Waals surface area contributed by atoms with E-state index in [2.05, 4.69) is 15.0 Å². The highest BCUT2D eigenvalue weighted by molar-refractivity contribution is 6.32. The highest BCUT2D eigenvalue weighted by Gasteiger charge is 2.08. The number of aromatic nitrogens is 3. The Hall–Kier alpha value is -2.07. The molecular weight excluding hydrogens is 250 g/mol. The van der Waals surface area contributed by atoms with E-state index in [0.29, 0.717) is 16.5 Å². The molecule has 0 aliphatic heterocycles. The van der Waals surface area contributed by atoms with Crippen LogP contribution in [0.15, 0.2) is 30.3 Å². The molecule has 3 aromatic rings. The lowest BCUT2D eigenvalue weighted by Gasteiger charge is -1.99. The molecule has 0 unspecified atom stereocenters. The van der Waals surface area contributed by atoms with E-state index in [1.54, 1.807) is 18.2 Å². The Morgan fingerprint density at radius 3 is 2.78 bits per heavy atom. The van der Waals surface area contributed by atoms with Gasteiger partial charge in [-0.25, -0.2) is 9.97 Å². The molecule has 0 saturated carbocycles. The van der Waals surface area contributed by atoms with Crippen molar-refractivity contribution >= 4 is 22.8 Å². The van der Waals surface area contributed by atoms with Gasteiger partial charge in [0.25, 0.3) is 0 Å². The fourth-order valence-electron chi connectivity index (χ4n) is 1.78. The second-order valence-electron chi connectivity index (χ2n) is 4.08. The highest BCUT2D eigenvalue weighted by atomic mass is 35.5. The fourth-order valence-corrected chi connectivity index (χ4v) is 1.96. The van der Waals surface area contributed by atoms with E-state index in [1.807, 2.05) is 19.1 Å². The summed E-state index contributed by atoms with van der Waals surface area (Å²) in [4.78, 5) is 11.9. The van der Waals surface area contributed by atoms with Crippen LogP contribution in [0.1, 0.15) is 5.69 Å². The lowest BCUT2D eigenvalue weighted by Crippen LogP contribution is -1.81. The first-order valence-electron chi connectivity index (χ1n) is 5.46. The first kappa shape index (κ1) is 11.0. The number of imidazole rings is 1. The summed E-state index contributed by atoms with van der Waals surface area (Å²) in [6.45, 7) is 1.92. The molecule has 3 rings (SSSR count). The van der Waals surface area contributed by atoms with Gasteiger partial charge < -0.3 is 10.1 Å². The number of aromatic amines is 1. The monoisotopic (exact) mass is 259 g/mol. The van der Waals surface area contributed by atoms with E-state index in [9.17, 15) is 5.11 Å². The maximum Gasteiger partial charge on any atom is 0.178 e. The number of hydrogen-bond donors (Lipinski definition) is 2. The zero-order chi connectivity index (χ0) is 12.7. The Bertz CT molecular complexity index is 736. The van der Waals surface area contributed by atoms with Gasteiger partial charge in [-0.3, -0.25) is 0 Å². The van der Waals surface area contributed by atoms with Gasteiger partial charge in [-0.1, -0.05) is 11.6 Å². The average Bonchev–Trinajstić information content (AvgIpc) is 2.75. The quantitative estimate of drug-likeness (QED) is 0.705. The predicted molar refractivity (Wildman–Crippen MR) is 70.7 cm³/mol. The Morgan fingerprint density at radius 1 is 1.17 bits per heavy atom. The Morgan fingerprint density at radius 2 is 2.00 bits per heavy atom. The Labute approximate surface area is 108 Å². The van der Waals surface area contributed by atoms with Crippen LogP contribution in [0.4, 0.5) is 0 Å². The predicted octanol–water partition coefficient (Wildman–Crippen LogP) is 3.29. The first-order valence-corrected chi connectivity index (χ1v) is 5.83. The largest absolute Gasteiger partial charge is 0.506 e.